The fourth-order valence-corrected chi connectivity index (χ4v) is 7.39. The van der Waals surface area contributed by atoms with Gasteiger partial charge in [-0.2, -0.15) is 8.78 Å². The lowest BCUT2D eigenvalue weighted by atomic mass is 9.48. The van der Waals surface area contributed by atoms with Crippen molar-refractivity contribution in [2.75, 3.05) is 0 Å². The average molecular weight is 443 g/mol. The number of rotatable bonds is 3. The second-order valence-corrected chi connectivity index (χ2v) is 10.8. The first-order chi connectivity index (χ1) is 15.2. The Bertz CT molecular complexity index is 966. The maximum absolute atomic E-state index is 13.5. The second kappa shape index (κ2) is 7.79. The summed E-state index contributed by atoms with van der Waals surface area (Å²) >= 11 is 0. The van der Waals surface area contributed by atoms with Crippen LogP contribution in [0.4, 0.5) is 8.78 Å². The van der Waals surface area contributed by atoms with E-state index in [-0.39, 0.29) is 28.5 Å². The van der Waals surface area contributed by atoms with Crippen molar-refractivity contribution < 1.29 is 23.4 Å². The first-order valence-electron chi connectivity index (χ1n) is 11.9. The van der Waals surface area contributed by atoms with Gasteiger partial charge in [0.15, 0.2) is 5.78 Å². The van der Waals surface area contributed by atoms with E-state index in [9.17, 15) is 18.7 Å². The molecular formula is C27H32F2O3. The summed E-state index contributed by atoms with van der Waals surface area (Å²) in [6, 6.07) is 6.51. The van der Waals surface area contributed by atoms with Gasteiger partial charge in [0, 0.05) is 5.41 Å². The first-order valence-corrected chi connectivity index (χ1v) is 11.9. The summed E-state index contributed by atoms with van der Waals surface area (Å²) < 4.78 is 29.2. The molecule has 172 valence electrons. The summed E-state index contributed by atoms with van der Waals surface area (Å²) in [4.78, 5) is 13.5. The van der Waals surface area contributed by atoms with Crippen LogP contribution in [0, 0.1) is 28.6 Å². The number of hydrogen-bond acceptors (Lipinski definition) is 3. The van der Waals surface area contributed by atoms with Crippen molar-refractivity contribution in [2.24, 2.45) is 28.6 Å². The van der Waals surface area contributed by atoms with Crippen LogP contribution >= 0.6 is 0 Å². The molecule has 1 N–H and O–H groups in total. The van der Waals surface area contributed by atoms with E-state index in [0.29, 0.717) is 17.8 Å². The van der Waals surface area contributed by atoms with Crippen molar-refractivity contribution in [1.82, 2.24) is 0 Å². The van der Waals surface area contributed by atoms with Crippen molar-refractivity contribution in [1.29, 1.82) is 0 Å². The Morgan fingerprint density at radius 1 is 1.06 bits per heavy atom. The Morgan fingerprint density at radius 3 is 2.50 bits per heavy atom. The molecule has 4 aliphatic rings. The molecule has 6 atom stereocenters. The summed E-state index contributed by atoms with van der Waals surface area (Å²) in [5, 5.41) is 10.2. The minimum Gasteiger partial charge on any atom is -0.435 e. The van der Waals surface area contributed by atoms with Gasteiger partial charge in [0.1, 0.15) is 5.75 Å². The highest BCUT2D eigenvalue weighted by molar-refractivity contribution is 6.05. The molecule has 3 nitrogen and oxygen atoms in total. The normalized spacial score (nSPS) is 40.0. The molecule has 0 radical (unpaired) electrons. The molecule has 3 fully saturated rings. The molecule has 4 aliphatic carbocycles. The molecule has 0 bridgehead atoms. The lowest BCUT2D eigenvalue weighted by molar-refractivity contribution is -0.130. The average Bonchev–Trinajstić information content (AvgIpc) is 3.00. The molecule has 0 aliphatic heterocycles. The van der Waals surface area contributed by atoms with Gasteiger partial charge in [-0.25, -0.2) is 0 Å². The van der Waals surface area contributed by atoms with E-state index in [1.54, 1.807) is 12.1 Å². The van der Waals surface area contributed by atoms with E-state index in [4.69, 9.17) is 0 Å². The van der Waals surface area contributed by atoms with Gasteiger partial charge in [-0.05, 0) is 97.5 Å². The number of hydrogen-bond donors (Lipinski definition) is 1. The van der Waals surface area contributed by atoms with E-state index in [2.05, 4.69) is 24.7 Å². The molecule has 1 aromatic rings. The zero-order valence-electron chi connectivity index (χ0n) is 18.8. The number of carbonyl (C=O) groups excluding carboxylic acids is 1. The van der Waals surface area contributed by atoms with Crippen LogP contribution in [0.25, 0.3) is 6.08 Å². The number of fused-ring (bicyclic) bond motifs is 5. The molecular weight excluding hydrogens is 410 g/mol. The predicted molar refractivity (Wildman–Crippen MR) is 119 cm³/mol. The summed E-state index contributed by atoms with van der Waals surface area (Å²) in [6.45, 7) is 1.70. The van der Waals surface area contributed by atoms with Gasteiger partial charge in [-0.3, -0.25) is 4.79 Å². The number of aliphatic hydroxyl groups excluding tert-OH is 1. The summed E-state index contributed by atoms with van der Waals surface area (Å²) in [7, 11) is 0. The van der Waals surface area contributed by atoms with Gasteiger partial charge < -0.3 is 9.84 Å². The molecule has 1 aromatic carbocycles. The van der Waals surface area contributed by atoms with Gasteiger partial charge in [-0.15, -0.1) is 0 Å². The Labute approximate surface area is 188 Å². The molecule has 0 aromatic heterocycles. The molecule has 0 heterocycles. The van der Waals surface area contributed by atoms with Gasteiger partial charge in [0.2, 0.25) is 0 Å². The lowest BCUT2D eigenvalue weighted by Crippen LogP contribution is -2.50. The first kappa shape index (κ1) is 21.8. The Hall–Kier alpha value is -2.01. The number of Topliss-reactive ketones (excluding diaryl/α,β-unsaturated/α-hetero) is 1. The number of alkyl halides is 2. The van der Waals surface area contributed by atoms with Crippen LogP contribution in [0.5, 0.6) is 5.75 Å². The third-order valence-electron chi connectivity index (χ3n) is 9.16. The summed E-state index contributed by atoms with van der Waals surface area (Å²) in [5.41, 5.74) is 2.97. The largest absolute Gasteiger partial charge is 0.435 e. The summed E-state index contributed by atoms with van der Waals surface area (Å²) in [6.07, 6.45) is 10.6. The quantitative estimate of drug-likeness (QED) is 0.450. The Morgan fingerprint density at radius 2 is 1.78 bits per heavy atom. The molecule has 0 spiro atoms. The zero-order chi connectivity index (χ0) is 22.7. The minimum atomic E-state index is -2.84. The van der Waals surface area contributed by atoms with Crippen molar-refractivity contribution >= 4 is 11.9 Å². The number of carbonyl (C=O) groups is 1. The van der Waals surface area contributed by atoms with Gasteiger partial charge in [0.25, 0.3) is 0 Å². The van der Waals surface area contributed by atoms with E-state index in [1.165, 1.54) is 17.7 Å². The zero-order valence-corrected chi connectivity index (χ0v) is 18.8. The number of aliphatic hydroxyl groups is 1. The van der Waals surface area contributed by atoms with Gasteiger partial charge >= 0.3 is 6.61 Å². The Kier molecular flexibility index (Phi) is 5.31. The highest BCUT2D eigenvalue weighted by atomic mass is 19.3. The fourth-order valence-electron chi connectivity index (χ4n) is 7.39. The topological polar surface area (TPSA) is 46.5 Å². The third-order valence-corrected chi connectivity index (χ3v) is 9.16. The van der Waals surface area contributed by atoms with Crippen molar-refractivity contribution in [3.8, 4) is 5.75 Å². The van der Waals surface area contributed by atoms with E-state index in [0.717, 1.165) is 56.1 Å². The fraction of sp³-hybridized carbons (Fsp3) is 0.593. The number of ether oxygens (including phenoxy) is 1. The van der Waals surface area contributed by atoms with Crippen LogP contribution in [0.3, 0.4) is 0 Å². The van der Waals surface area contributed by atoms with Crippen LogP contribution in [0.2, 0.25) is 0 Å². The number of halogens is 2. The highest BCUT2D eigenvalue weighted by Crippen LogP contribution is 2.64. The van der Waals surface area contributed by atoms with E-state index < -0.39 is 6.61 Å². The van der Waals surface area contributed by atoms with Crippen LogP contribution in [-0.4, -0.2) is 23.6 Å². The van der Waals surface area contributed by atoms with Crippen LogP contribution in [-0.2, 0) is 4.79 Å². The lowest BCUT2D eigenvalue weighted by Gasteiger charge is -2.56. The Balaban J connectivity index is 1.41. The molecule has 5 rings (SSSR count). The number of allylic oxidation sites excluding steroid dienone is 2. The molecule has 5 heteroatoms. The molecule has 32 heavy (non-hydrogen) atoms. The molecule has 0 amide bonds. The molecule has 3 saturated carbocycles. The van der Waals surface area contributed by atoms with E-state index in [1.807, 2.05) is 6.08 Å². The monoisotopic (exact) mass is 442 g/mol. The van der Waals surface area contributed by atoms with Crippen molar-refractivity contribution in [2.45, 2.75) is 71.5 Å². The van der Waals surface area contributed by atoms with Crippen molar-refractivity contribution in [3.63, 3.8) is 0 Å². The summed E-state index contributed by atoms with van der Waals surface area (Å²) in [5.74, 6) is 1.79. The second-order valence-electron chi connectivity index (χ2n) is 10.8. The van der Waals surface area contributed by atoms with Gasteiger partial charge in [-0.1, -0.05) is 37.6 Å². The van der Waals surface area contributed by atoms with Crippen LogP contribution in [0.15, 0.2) is 41.5 Å². The standard InChI is InChI=1S/C27H32F2O3/c1-26-11-9-19(30)15-18(26)5-8-21-22(26)10-12-27(2)23(21)14-17(24(27)31)13-16-3-6-20(7-4-16)32-25(28)29/h3-7,13,19,21-23,25,30H,8-12,14-15H2,1-2H3/b17-13+/t19-,21-,22+,23+,26-,27-/m0/s1. The predicted octanol–water partition coefficient (Wildman–Crippen LogP) is 6.17. The minimum absolute atomic E-state index is 0.124. The van der Waals surface area contributed by atoms with E-state index >= 15 is 0 Å². The smallest absolute Gasteiger partial charge is 0.387 e. The van der Waals surface area contributed by atoms with Gasteiger partial charge in [0.05, 0.1) is 6.10 Å². The van der Waals surface area contributed by atoms with Crippen LogP contribution in [0.1, 0.15) is 64.4 Å². The highest BCUT2D eigenvalue weighted by Gasteiger charge is 2.59. The van der Waals surface area contributed by atoms with Crippen LogP contribution < -0.4 is 4.74 Å². The molecule has 0 saturated heterocycles. The maximum Gasteiger partial charge on any atom is 0.387 e. The van der Waals surface area contributed by atoms with Crippen molar-refractivity contribution in [3.05, 3.63) is 47.1 Å². The maximum atomic E-state index is 13.5. The SMILES string of the molecule is C[C@]12CC[C@H](O)CC1=CC[C@H]1[C@H]2CC[C@]2(C)C(=O)/C(=C/c3ccc(OC(F)F)cc3)C[C@H]12. The molecule has 0 unspecified atom stereocenters. The third kappa shape index (κ3) is 3.44. The number of ketones is 1. The number of benzene rings is 1.